The lowest BCUT2D eigenvalue weighted by Crippen LogP contribution is -2.33. The van der Waals surface area contributed by atoms with Gasteiger partial charge in [0.2, 0.25) is 0 Å². The molecule has 0 aliphatic rings. The third-order valence-electron chi connectivity index (χ3n) is 3.81. The third-order valence-corrected chi connectivity index (χ3v) is 3.81. The van der Waals surface area contributed by atoms with Crippen molar-refractivity contribution in [2.75, 3.05) is 5.32 Å². The van der Waals surface area contributed by atoms with Crippen LogP contribution in [0.3, 0.4) is 0 Å². The fraction of sp³-hybridized carbons (Fsp3) is 0.235. The van der Waals surface area contributed by atoms with Gasteiger partial charge < -0.3 is 10.4 Å². The van der Waals surface area contributed by atoms with Crippen molar-refractivity contribution in [2.24, 2.45) is 0 Å². The molecule has 2 aromatic rings. The number of benzene rings is 2. The van der Waals surface area contributed by atoms with Gasteiger partial charge in [0.25, 0.3) is 5.91 Å². The van der Waals surface area contributed by atoms with E-state index in [9.17, 15) is 58.2 Å². The molecule has 2 rings (SSSR count). The summed E-state index contributed by atoms with van der Waals surface area (Å²) in [7, 11) is 0. The number of carbonyl (C=O) groups excluding carboxylic acids is 1. The molecular formula is C17H8F11NO2. The van der Waals surface area contributed by atoms with Gasteiger partial charge in [0.05, 0.1) is 16.7 Å². The molecule has 170 valence electrons. The molecule has 0 bridgehead atoms. The smallest absolute Gasteiger partial charge is 0.458 e. The van der Waals surface area contributed by atoms with E-state index in [1.807, 2.05) is 0 Å². The number of aromatic hydroxyl groups is 1. The van der Waals surface area contributed by atoms with Gasteiger partial charge in [-0.2, -0.15) is 48.3 Å². The number of hydrogen-bond donors (Lipinski definition) is 2. The van der Waals surface area contributed by atoms with Gasteiger partial charge in [0.15, 0.2) is 0 Å². The maximum Gasteiger partial charge on any atom is 0.458 e. The first-order valence-corrected chi connectivity index (χ1v) is 7.73. The number of nitrogens with one attached hydrogen (secondary N) is 1. The number of phenols is 1. The molecule has 0 fully saturated rings. The first-order valence-electron chi connectivity index (χ1n) is 7.73. The Morgan fingerprint density at radius 1 is 0.710 bits per heavy atom. The average molecular weight is 467 g/mol. The molecule has 0 saturated heterocycles. The topological polar surface area (TPSA) is 49.3 Å². The predicted molar refractivity (Wildman–Crippen MR) is 82.5 cm³/mol. The molecule has 0 aliphatic carbocycles. The van der Waals surface area contributed by atoms with Crippen molar-refractivity contribution in [3.8, 4) is 5.75 Å². The standard InChI is InChI=1S/C17H8F11NO2/c18-14(19,17(26,27)28)7-1-2-12(30)11(6-7)13(31)29-10-4-8(15(20,21)22)3-9(5-10)16(23,24)25/h1-6,30H,(H,29,31). The number of amides is 1. The summed E-state index contributed by atoms with van der Waals surface area (Å²) in [4.78, 5) is 12.1. The number of anilines is 1. The molecule has 0 atom stereocenters. The Bertz CT molecular complexity index is 959. The van der Waals surface area contributed by atoms with E-state index in [1.54, 1.807) is 0 Å². The van der Waals surface area contributed by atoms with Crippen molar-refractivity contribution in [1.29, 1.82) is 0 Å². The zero-order chi connectivity index (χ0) is 24.0. The Morgan fingerprint density at radius 2 is 1.19 bits per heavy atom. The summed E-state index contributed by atoms with van der Waals surface area (Å²) in [5.74, 6) is -8.35. The normalized spacial score (nSPS) is 13.3. The molecule has 0 heterocycles. The maximum absolute atomic E-state index is 13.4. The van der Waals surface area contributed by atoms with E-state index in [0.717, 1.165) is 0 Å². The number of alkyl halides is 11. The van der Waals surface area contributed by atoms with Crippen LogP contribution >= 0.6 is 0 Å². The van der Waals surface area contributed by atoms with Crippen LogP contribution < -0.4 is 5.32 Å². The molecule has 31 heavy (non-hydrogen) atoms. The molecular weight excluding hydrogens is 459 g/mol. The Kier molecular flexibility index (Phi) is 5.91. The van der Waals surface area contributed by atoms with Gasteiger partial charge >= 0.3 is 24.5 Å². The maximum atomic E-state index is 13.4. The summed E-state index contributed by atoms with van der Waals surface area (Å²) >= 11 is 0. The van der Waals surface area contributed by atoms with Crippen LogP contribution in [0.5, 0.6) is 5.75 Å². The van der Waals surface area contributed by atoms with Gasteiger partial charge in [-0.25, -0.2) is 0 Å². The van der Waals surface area contributed by atoms with Crippen molar-refractivity contribution < 1.29 is 58.2 Å². The molecule has 0 aliphatic heterocycles. The van der Waals surface area contributed by atoms with Crippen LogP contribution in [-0.4, -0.2) is 17.2 Å². The molecule has 3 nitrogen and oxygen atoms in total. The molecule has 0 spiro atoms. The molecule has 1 amide bonds. The van der Waals surface area contributed by atoms with E-state index in [0.29, 0.717) is 0 Å². The van der Waals surface area contributed by atoms with Crippen LogP contribution in [0.2, 0.25) is 0 Å². The fourth-order valence-electron chi connectivity index (χ4n) is 2.30. The molecule has 2 aromatic carbocycles. The monoisotopic (exact) mass is 467 g/mol. The number of rotatable bonds is 3. The van der Waals surface area contributed by atoms with Crippen molar-refractivity contribution in [3.63, 3.8) is 0 Å². The first kappa shape index (κ1) is 24.2. The van der Waals surface area contributed by atoms with Gasteiger partial charge in [0, 0.05) is 11.3 Å². The molecule has 0 aromatic heterocycles. The van der Waals surface area contributed by atoms with Crippen molar-refractivity contribution in [2.45, 2.75) is 24.5 Å². The Labute approximate surface area is 165 Å². The summed E-state index contributed by atoms with van der Waals surface area (Å²) < 4.78 is 141. The quantitative estimate of drug-likeness (QED) is 0.518. The van der Waals surface area contributed by atoms with Crippen molar-refractivity contribution in [1.82, 2.24) is 0 Å². The second kappa shape index (κ2) is 7.57. The van der Waals surface area contributed by atoms with Gasteiger partial charge in [-0.3, -0.25) is 4.79 Å². The Balaban J connectivity index is 2.50. The van der Waals surface area contributed by atoms with E-state index < -0.39 is 64.0 Å². The third kappa shape index (κ3) is 5.17. The van der Waals surface area contributed by atoms with Gasteiger partial charge in [0.1, 0.15) is 5.75 Å². The molecule has 2 N–H and O–H groups in total. The Hall–Kier alpha value is -3.06. The zero-order valence-corrected chi connectivity index (χ0v) is 14.5. The fourth-order valence-corrected chi connectivity index (χ4v) is 2.30. The highest BCUT2D eigenvalue weighted by molar-refractivity contribution is 6.06. The zero-order valence-electron chi connectivity index (χ0n) is 14.5. The van der Waals surface area contributed by atoms with Crippen LogP contribution in [0.15, 0.2) is 36.4 Å². The van der Waals surface area contributed by atoms with Crippen molar-refractivity contribution >= 4 is 11.6 Å². The molecule has 0 unspecified atom stereocenters. The highest BCUT2D eigenvalue weighted by Crippen LogP contribution is 2.45. The lowest BCUT2D eigenvalue weighted by atomic mass is 10.0. The second-order valence-corrected chi connectivity index (χ2v) is 6.05. The largest absolute Gasteiger partial charge is 0.507 e. The first-order chi connectivity index (χ1) is 13.8. The second-order valence-electron chi connectivity index (χ2n) is 6.05. The average Bonchev–Trinajstić information content (AvgIpc) is 2.59. The number of phenolic OH excluding ortho intramolecular Hbond substituents is 1. The minimum absolute atomic E-state index is 0.0817. The molecule has 14 heteroatoms. The van der Waals surface area contributed by atoms with Crippen LogP contribution in [0.4, 0.5) is 54.0 Å². The summed E-state index contributed by atoms with van der Waals surface area (Å²) in [6.07, 6.45) is -16.6. The summed E-state index contributed by atoms with van der Waals surface area (Å²) in [5, 5.41) is 11.1. The number of carbonyl (C=O) groups is 1. The van der Waals surface area contributed by atoms with E-state index in [-0.39, 0.29) is 36.4 Å². The van der Waals surface area contributed by atoms with Crippen LogP contribution in [0.1, 0.15) is 27.0 Å². The number of hydrogen-bond acceptors (Lipinski definition) is 2. The van der Waals surface area contributed by atoms with E-state index in [2.05, 4.69) is 0 Å². The van der Waals surface area contributed by atoms with Crippen LogP contribution in [-0.2, 0) is 18.3 Å². The van der Waals surface area contributed by atoms with Gasteiger partial charge in [-0.15, -0.1) is 0 Å². The van der Waals surface area contributed by atoms with Gasteiger partial charge in [-0.05, 0) is 36.4 Å². The highest BCUT2D eigenvalue weighted by atomic mass is 19.4. The molecule has 0 radical (unpaired) electrons. The summed E-state index contributed by atoms with van der Waals surface area (Å²) in [6, 6.07) is 0.258. The highest BCUT2D eigenvalue weighted by Gasteiger charge is 2.58. The van der Waals surface area contributed by atoms with E-state index >= 15 is 0 Å². The van der Waals surface area contributed by atoms with Gasteiger partial charge in [-0.1, -0.05) is 0 Å². The van der Waals surface area contributed by atoms with Crippen molar-refractivity contribution in [3.05, 3.63) is 58.7 Å². The minimum atomic E-state index is -6.08. The Morgan fingerprint density at radius 3 is 1.61 bits per heavy atom. The predicted octanol–water partition coefficient (Wildman–Crippen LogP) is 6.34. The number of halogens is 11. The van der Waals surface area contributed by atoms with E-state index in [4.69, 9.17) is 0 Å². The van der Waals surface area contributed by atoms with E-state index in [1.165, 1.54) is 5.32 Å². The summed E-state index contributed by atoms with van der Waals surface area (Å²) in [5.41, 5.74) is -7.77. The SMILES string of the molecule is O=C(Nc1cc(C(F)(F)F)cc(C(F)(F)F)c1)c1cc(C(F)(F)C(F)(F)F)ccc1O. The summed E-state index contributed by atoms with van der Waals surface area (Å²) in [6.45, 7) is 0. The lowest BCUT2D eigenvalue weighted by molar-refractivity contribution is -0.289. The van der Waals surface area contributed by atoms with Crippen LogP contribution in [0, 0.1) is 0 Å². The lowest BCUT2D eigenvalue weighted by Gasteiger charge is -2.20. The molecule has 0 saturated carbocycles. The minimum Gasteiger partial charge on any atom is -0.507 e. The van der Waals surface area contributed by atoms with Crippen LogP contribution in [0.25, 0.3) is 0 Å².